The number of benzene rings is 1. The van der Waals surface area contributed by atoms with E-state index in [1.807, 2.05) is 36.1 Å². The maximum absolute atomic E-state index is 12.7. The molecule has 1 aromatic carbocycles. The number of amides is 1. The lowest BCUT2D eigenvalue weighted by Gasteiger charge is -2.17. The molecule has 0 bridgehead atoms. The average molecular weight is 345 g/mol. The molecule has 1 aliphatic heterocycles. The topological polar surface area (TPSA) is 67.5 Å². The summed E-state index contributed by atoms with van der Waals surface area (Å²) in [5, 5.41) is 9.68. The van der Waals surface area contributed by atoms with Crippen LogP contribution in [0.1, 0.15) is 33.1 Å². The summed E-state index contributed by atoms with van der Waals surface area (Å²) in [6.45, 7) is 6.21. The molecule has 1 aliphatic rings. The number of fused-ring (bicyclic) bond motifs is 1. The molecule has 0 saturated carbocycles. The lowest BCUT2D eigenvalue weighted by atomic mass is 10.0. The molecule has 1 aromatic heterocycles. The van der Waals surface area contributed by atoms with Crippen LogP contribution in [0.2, 0.25) is 0 Å². The number of carbonyl (C=O) groups is 1. The van der Waals surface area contributed by atoms with Crippen LogP contribution in [0.5, 0.6) is 0 Å². The van der Waals surface area contributed by atoms with E-state index in [2.05, 4.69) is 0 Å². The van der Waals surface area contributed by atoms with Crippen molar-refractivity contribution < 1.29 is 9.90 Å². The van der Waals surface area contributed by atoms with Crippen LogP contribution in [0, 0.1) is 5.92 Å². The highest BCUT2D eigenvalue weighted by Crippen LogP contribution is 2.20. The van der Waals surface area contributed by atoms with Crippen LogP contribution in [0.15, 0.2) is 29.1 Å². The van der Waals surface area contributed by atoms with Crippen LogP contribution in [-0.4, -0.2) is 44.2 Å². The van der Waals surface area contributed by atoms with Crippen molar-refractivity contribution in [1.29, 1.82) is 0 Å². The van der Waals surface area contributed by atoms with Gasteiger partial charge in [0.1, 0.15) is 0 Å². The molecule has 6 heteroatoms. The van der Waals surface area contributed by atoms with Crippen LogP contribution in [0.3, 0.4) is 0 Å². The number of rotatable bonds is 6. The van der Waals surface area contributed by atoms with Gasteiger partial charge in [-0.1, -0.05) is 19.1 Å². The molecule has 136 valence electrons. The standard InChI is InChI=1S/C19H27N3O3/c1-3-10-21-16-6-4-5-7-17(16)22(19(21)25)12-9-18(24)20-11-8-15(13-20)14(2)23/h4-7,14-15,23H,3,8-13H2,1-2H3. The van der Waals surface area contributed by atoms with Crippen molar-refractivity contribution >= 4 is 16.9 Å². The summed E-state index contributed by atoms with van der Waals surface area (Å²) in [4.78, 5) is 27.0. The minimum atomic E-state index is -0.382. The van der Waals surface area contributed by atoms with E-state index in [1.165, 1.54) is 0 Å². The molecule has 1 fully saturated rings. The minimum absolute atomic E-state index is 0.0425. The summed E-state index contributed by atoms with van der Waals surface area (Å²) >= 11 is 0. The molecule has 0 aliphatic carbocycles. The number of para-hydroxylation sites is 2. The first-order valence-corrected chi connectivity index (χ1v) is 9.16. The fourth-order valence-corrected chi connectivity index (χ4v) is 3.70. The third-order valence-corrected chi connectivity index (χ3v) is 5.18. The van der Waals surface area contributed by atoms with Crippen LogP contribution in [-0.2, 0) is 17.9 Å². The van der Waals surface area contributed by atoms with Crippen molar-refractivity contribution in [3.63, 3.8) is 0 Å². The van der Waals surface area contributed by atoms with E-state index >= 15 is 0 Å². The van der Waals surface area contributed by atoms with E-state index in [1.54, 1.807) is 16.1 Å². The number of aryl methyl sites for hydroxylation is 2. The zero-order chi connectivity index (χ0) is 18.0. The number of imidazole rings is 1. The third kappa shape index (κ3) is 3.49. The van der Waals surface area contributed by atoms with Gasteiger partial charge in [-0.05, 0) is 31.9 Å². The van der Waals surface area contributed by atoms with Gasteiger partial charge in [-0.2, -0.15) is 0 Å². The number of hydrogen-bond acceptors (Lipinski definition) is 3. The molecule has 1 saturated heterocycles. The minimum Gasteiger partial charge on any atom is -0.393 e. The van der Waals surface area contributed by atoms with Crippen molar-refractivity contribution in [3.05, 3.63) is 34.7 Å². The maximum Gasteiger partial charge on any atom is 0.329 e. The molecule has 2 atom stereocenters. The predicted molar refractivity (Wildman–Crippen MR) is 97.5 cm³/mol. The van der Waals surface area contributed by atoms with Crippen molar-refractivity contribution in [2.45, 2.75) is 52.3 Å². The van der Waals surface area contributed by atoms with Gasteiger partial charge in [0.05, 0.1) is 17.1 Å². The summed E-state index contributed by atoms with van der Waals surface area (Å²) in [5.41, 5.74) is 1.77. The SMILES string of the molecule is CCCn1c(=O)n(CCC(=O)N2CCC(C(C)O)C2)c2ccccc21. The molecule has 1 N–H and O–H groups in total. The monoisotopic (exact) mass is 345 g/mol. The highest BCUT2D eigenvalue weighted by atomic mass is 16.3. The first kappa shape index (κ1) is 17.7. The first-order valence-electron chi connectivity index (χ1n) is 9.16. The van der Waals surface area contributed by atoms with E-state index in [0.717, 1.165) is 23.9 Å². The van der Waals surface area contributed by atoms with Gasteiger partial charge in [0.2, 0.25) is 5.91 Å². The van der Waals surface area contributed by atoms with Crippen molar-refractivity contribution in [1.82, 2.24) is 14.0 Å². The number of carbonyl (C=O) groups excluding carboxylic acids is 1. The Morgan fingerprint density at radius 2 is 1.88 bits per heavy atom. The molecule has 3 rings (SSSR count). The predicted octanol–water partition coefficient (Wildman–Crippen LogP) is 1.83. The fraction of sp³-hybridized carbons (Fsp3) is 0.579. The Labute approximate surface area is 147 Å². The molecule has 2 unspecified atom stereocenters. The summed E-state index contributed by atoms with van der Waals surface area (Å²) in [5.74, 6) is 0.223. The highest BCUT2D eigenvalue weighted by Gasteiger charge is 2.28. The Morgan fingerprint density at radius 1 is 1.24 bits per heavy atom. The van der Waals surface area contributed by atoms with Gasteiger partial charge in [0, 0.05) is 38.5 Å². The van der Waals surface area contributed by atoms with Crippen LogP contribution in [0.4, 0.5) is 0 Å². The molecule has 0 spiro atoms. The van der Waals surface area contributed by atoms with Gasteiger partial charge < -0.3 is 10.0 Å². The Kier molecular flexibility index (Phi) is 5.27. The Balaban J connectivity index is 1.74. The van der Waals surface area contributed by atoms with Gasteiger partial charge in [-0.25, -0.2) is 4.79 Å². The molecular weight excluding hydrogens is 318 g/mol. The Bertz CT molecular complexity index is 806. The molecule has 2 heterocycles. The summed E-state index contributed by atoms with van der Waals surface area (Å²) in [7, 11) is 0. The number of aromatic nitrogens is 2. The zero-order valence-corrected chi connectivity index (χ0v) is 15.0. The van der Waals surface area contributed by atoms with Crippen molar-refractivity contribution in [3.8, 4) is 0 Å². The van der Waals surface area contributed by atoms with Gasteiger partial charge in [0.15, 0.2) is 0 Å². The molecule has 6 nitrogen and oxygen atoms in total. The second kappa shape index (κ2) is 7.44. The van der Waals surface area contributed by atoms with Crippen LogP contribution in [0.25, 0.3) is 11.0 Å². The second-order valence-electron chi connectivity index (χ2n) is 6.95. The number of aliphatic hydroxyl groups excluding tert-OH is 1. The lowest BCUT2D eigenvalue weighted by molar-refractivity contribution is -0.130. The molecular formula is C19H27N3O3. The van der Waals surface area contributed by atoms with Crippen molar-refractivity contribution in [2.24, 2.45) is 5.92 Å². The van der Waals surface area contributed by atoms with Gasteiger partial charge in [0.25, 0.3) is 0 Å². The number of nitrogens with zero attached hydrogens (tertiary/aromatic N) is 3. The number of aliphatic hydroxyl groups is 1. The summed E-state index contributed by atoms with van der Waals surface area (Å²) in [6, 6.07) is 7.75. The third-order valence-electron chi connectivity index (χ3n) is 5.18. The van der Waals surface area contributed by atoms with Crippen LogP contribution < -0.4 is 5.69 Å². The summed E-state index contributed by atoms with van der Waals surface area (Å²) in [6.07, 6.45) is 1.67. The zero-order valence-electron chi connectivity index (χ0n) is 15.0. The molecule has 2 aromatic rings. The largest absolute Gasteiger partial charge is 0.393 e. The molecule has 25 heavy (non-hydrogen) atoms. The van der Waals surface area contributed by atoms with Crippen molar-refractivity contribution in [2.75, 3.05) is 13.1 Å². The lowest BCUT2D eigenvalue weighted by Crippen LogP contribution is -2.32. The normalized spacial score (nSPS) is 18.8. The molecule has 1 amide bonds. The average Bonchev–Trinajstić information content (AvgIpc) is 3.19. The number of hydrogen-bond donors (Lipinski definition) is 1. The van der Waals surface area contributed by atoms with E-state index in [4.69, 9.17) is 0 Å². The van der Waals surface area contributed by atoms with E-state index in [0.29, 0.717) is 32.6 Å². The Hall–Kier alpha value is -2.08. The summed E-state index contributed by atoms with van der Waals surface area (Å²) < 4.78 is 3.50. The Morgan fingerprint density at radius 3 is 2.44 bits per heavy atom. The van der Waals surface area contributed by atoms with E-state index in [-0.39, 0.29) is 23.6 Å². The van der Waals surface area contributed by atoms with Crippen LogP contribution >= 0.6 is 0 Å². The van der Waals surface area contributed by atoms with Gasteiger partial charge in [-0.3, -0.25) is 13.9 Å². The quantitative estimate of drug-likeness (QED) is 0.868. The first-order chi connectivity index (χ1) is 12.0. The number of likely N-dealkylation sites (tertiary alicyclic amines) is 1. The van der Waals surface area contributed by atoms with Gasteiger partial charge in [-0.15, -0.1) is 0 Å². The smallest absolute Gasteiger partial charge is 0.329 e. The van der Waals surface area contributed by atoms with E-state index in [9.17, 15) is 14.7 Å². The fourth-order valence-electron chi connectivity index (χ4n) is 3.70. The van der Waals surface area contributed by atoms with Gasteiger partial charge >= 0.3 is 5.69 Å². The second-order valence-corrected chi connectivity index (χ2v) is 6.95. The highest BCUT2D eigenvalue weighted by molar-refractivity contribution is 5.78. The maximum atomic E-state index is 12.7. The van der Waals surface area contributed by atoms with E-state index < -0.39 is 0 Å². The molecule has 0 radical (unpaired) electrons.